The molecule has 31 heavy (non-hydrogen) atoms. The minimum atomic E-state index is -0.946. The van der Waals surface area contributed by atoms with Crippen LogP contribution in [0.15, 0.2) is 54.6 Å². The number of carbonyl (C=O) groups is 3. The number of ether oxygens (including phenoxy) is 2. The summed E-state index contributed by atoms with van der Waals surface area (Å²) in [5.74, 6) is -1.49. The smallest absolute Gasteiger partial charge is 0.408 e. The molecule has 0 saturated carbocycles. The van der Waals surface area contributed by atoms with Gasteiger partial charge in [0.15, 0.2) is 11.7 Å². The van der Waals surface area contributed by atoms with Crippen LogP contribution in [0.25, 0.3) is 10.2 Å². The first-order chi connectivity index (χ1) is 14.9. The van der Waals surface area contributed by atoms with Gasteiger partial charge in [-0.3, -0.25) is 10.1 Å². The Morgan fingerprint density at radius 2 is 1.71 bits per heavy atom. The van der Waals surface area contributed by atoms with Crippen LogP contribution in [0.2, 0.25) is 0 Å². The summed E-state index contributed by atoms with van der Waals surface area (Å²) in [6.45, 7) is 3.10. The number of para-hydroxylation sites is 1. The van der Waals surface area contributed by atoms with Crippen molar-refractivity contribution in [1.29, 1.82) is 0 Å². The van der Waals surface area contributed by atoms with Crippen molar-refractivity contribution in [3.63, 3.8) is 0 Å². The molecule has 0 aliphatic rings. The Morgan fingerprint density at radius 1 is 1.00 bits per heavy atom. The zero-order valence-corrected chi connectivity index (χ0v) is 18.0. The van der Waals surface area contributed by atoms with Gasteiger partial charge in [-0.2, -0.15) is 0 Å². The molecule has 1 heterocycles. The first-order valence-electron chi connectivity index (χ1n) is 9.71. The Kier molecular flexibility index (Phi) is 7.55. The topological polar surface area (TPSA) is 107 Å². The van der Waals surface area contributed by atoms with E-state index >= 15 is 0 Å². The lowest BCUT2D eigenvalue weighted by Crippen LogP contribution is -2.46. The maximum Gasteiger partial charge on any atom is 0.408 e. The summed E-state index contributed by atoms with van der Waals surface area (Å²) in [7, 11) is 0. The van der Waals surface area contributed by atoms with E-state index in [9.17, 15) is 14.4 Å². The number of amides is 2. The van der Waals surface area contributed by atoms with E-state index in [-0.39, 0.29) is 12.5 Å². The lowest BCUT2D eigenvalue weighted by atomic mass is 10.1. The molecule has 1 atom stereocenters. The molecular formula is C22H23N3O5S. The van der Waals surface area contributed by atoms with E-state index in [4.69, 9.17) is 9.47 Å². The van der Waals surface area contributed by atoms with Crippen molar-refractivity contribution in [3.05, 3.63) is 60.2 Å². The molecule has 0 aliphatic carbocycles. The van der Waals surface area contributed by atoms with Crippen LogP contribution in [0.1, 0.15) is 19.4 Å². The highest BCUT2D eigenvalue weighted by molar-refractivity contribution is 7.22. The van der Waals surface area contributed by atoms with Crippen molar-refractivity contribution in [2.45, 2.75) is 26.5 Å². The Labute approximate surface area is 183 Å². The second-order valence-corrected chi connectivity index (χ2v) is 8.10. The molecule has 3 rings (SSSR count). The molecule has 162 valence electrons. The summed E-state index contributed by atoms with van der Waals surface area (Å²) in [5.41, 5.74) is 1.60. The fourth-order valence-corrected chi connectivity index (χ4v) is 3.58. The predicted octanol–water partition coefficient (Wildman–Crippen LogP) is 3.73. The number of hydrogen-bond acceptors (Lipinski definition) is 7. The molecule has 0 radical (unpaired) electrons. The largest absolute Gasteiger partial charge is 0.454 e. The van der Waals surface area contributed by atoms with Crippen LogP contribution in [0.3, 0.4) is 0 Å². The number of anilines is 1. The monoisotopic (exact) mass is 441 g/mol. The second-order valence-electron chi connectivity index (χ2n) is 7.07. The number of alkyl carbamates (subject to hydrolysis) is 1. The third-order valence-electron chi connectivity index (χ3n) is 4.29. The number of fused-ring (bicyclic) bond motifs is 1. The summed E-state index contributed by atoms with van der Waals surface area (Å²) in [4.78, 5) is 40.9. The van der Waals surface area contributed by atoms with Crippen molar-refractivity contribution in [2.24, 2.45) is 5.92 Å². The van der Waals surface area contributed by atoms with Crippen LogP contribution in [0.4, 0.5) is 9.93 Å². The number of aromatic nitrogens is 1. The Bertz CT molecular complexity index is 1020. The third kappa shape index (κ3) is 6.51. The van der Waals surface area contributed by atoms with E-state index in [2.05, 4.69) is 15.6 Å². The fraction of sp³-hybridized carbons (Fsp3) is 0.273. The van der Waals surface area contributed by atoms with Gasteiger partial charge in [0, 0.05) is 0 Å². The van der Waals surface area contributed by atoms with Gasteiger partial charge in [0.1, 0.15) is 12.6 Å². The number of nitrogens with zero attached hydrogens (tertiary/aromatic N) is 1. The van der Waals surface area contributed by atoms with Crippen LogP contribution < -0.4 is 10.6 Å². The van der Waals surface area contributed by atoms with E-state index in [0.717, 1.165) is 15.8 Å². The molecule has 3 aromatic rings. The Hall–Kier alpha value is -3.46. The van der Waals surface area contributed by atoms with E-state index in [1.54, 1.807) is 13.8 Å². The van der Waals surface area contributed by atoms with Crippen molar-refractivity contribution in [2.75, 3.05) is 11.9 Å². The van der Waals surface area contributed by atoms with Crippen LogP contribution in [0.5, 0.6) is 0 Å². The summed E-state index contributed by atoms with van der Waals surface area (Å²) >= 11 is 1.33. The van der Waals surface area contributed by atoms with Crippen molar-refractivity contribution in [3.8, 4) is 0 Å². The molecule has 0 saturated heterocycles. The van der Waals surface area contributed by atoms with Gasteiger partial charge in [-0.25, -0.2) is 14.6 Å². The molecule has 0 bridgehead atoms. The highest BCUT2D eigenvalue weighted by Gasteiger charge is 2.27. The average molecular weight is 442 g/mol. The molecule has 1 unspecified atom stereocenters. The normalized spacial score (nSPS) is 11.7. The molecule has 1 aromatic heterocycles. The summed E-state index contributed by atoms with van der Waals surface area (Å²) < 4.78 is 11.2. The Balaban J connectivity index is 1.47. The molecule has 0 aliphatic heterocycles. The maximum absolute atomic E-state index is 12.4. The van der Waals surface area contributed by atoms with Crippen LogP contribution >= 0.6 is 11.3 Å². The molecule has 2 amide bonds. The zero-order chi connectivity index (χ0) is 22.2. The number of carbonyl (C=O) groups excluding carboxylic acids is 3. The highest BCUT2D eigenvalue weighted by Crippen LogP contribution is 2.25. The van der Waals surface area contributed by atoms with Gasteiger partial charge in [-0.15, -0.1) is 0 Å². The lowest BCUT2D eigenvalue weighted by Gasteiger charge is -2.20. The summed E-state index contributed by atoms with van der Waals surface area (Å²) in [6.07, 6.45) is -0.738. The summed E-state index contributed by atoms with van der Waals surface area (Å²) in [5, 5.41) is 5.53. The minimum Gasteiger partial charge on any atom is -0.454 e. The first kappa shape index (κ1) is 22.2. The van der Waals surface area contributed by atoms with Crippen LogP contribution in [-0.2, 0) is 25.7 Å². The average Bonchev–Trinajstić information content (AvgIpc) is 3.17. The van der Waals surface area contributed by atoms with Crippen molar-refractivity contribution in [1.82, 2.24) is 10.3 Å². The predicted molar refractivity (Wildman–Crippen MR) is 118 cm³/mol. The van der Waals surface area contributed by atoms with E-state index in [1.807, 2.05) is 54.6 Å². The van der Waals surface area contributed by atoms with E-state index in [1.165, 1.54) is 11.3 Å². The minimum absolute atomic E-state index is 0.0805. The van der Waals surface area contributed by atoms with Gasteiger partial charge < -0.3 is 14.8 Å². The number of rotatable bonds is 8. The number of hydrogen-bond donors (Lipinski definition) is 2. The van der Waals surface area contributed by atoms with E-state index < -0.39 is 30.6 Å². The second kappa shape index (κ2) is 10.5. The number of esters is 1. The SMILES string of the molecule is CC(C)C(NC(=O)OCc1ccccc1)C(=O)OCC(=O)Nc1nc2ccccc2s1. The van der Waals surface area contributed by atoms with Crippen molar-refractivity contribution >= 4 is 44.7 Å². The highest BCUT2D eigenvalue weighted by atomic mass is 32.1. The third-order valence-corrected chi connectivity index (χ3v) is 5.24. The van der Waals surface area contributed by atoms with Crippen LogP contribution in [-0.4, -0.2) is 35.6 Å². The van der Waals surface area contributed by atoms with Gasteiger partial charge in [0.05, 0.1) is 10.2 Å². The van der Waals surface area contributed by atoms with Gasteiger partial charge in [-0.1, -0.05) is 67.6 Å². The van der Waals surface area contributed by atoms with E-state index in [0.29, 0.717) is 5.13 Å². The van der Waals surface area contributed by atoms with Crippen molar-refractivity contribution < 1.29 is 23.9 Å². The molecule has 0 fully saturated rings. The summed E-state index contributed by atoms with van der Waals surface area (Å²) in [6, 6.07) is 15.7. The number of nitrogens with one attached hydrogen (secondary N) is 2. The number of thiazole rings is 1. The van der Waals surface area contributed by atoms with Gasteiger partial charge in [0.2, 0.25) is 0 Å². The fourth-order valence-electron chi connectivity index (χ4n) is 2.70. The van der Waals surface area contributed by atoms with Crippen LogP contribution in [0, 0.1) is 5.92 Å². The molecule has 2 aromatic carbocycles. The lowest BCUT2D eigenvalue weighted by molar-refractivity contribution is -0.150. The quantitative estimate of drug-likeness (QED) is 0.516. The standard InChI is InChI=1S/C22H23N3O5S/c1-14(2)19(25-22(28)30-12-15-8-4-3-5-9-15)20(27)29-13-18(26)24-21-23-16-10-6-7-11-17(16)31-21/h3-11,14,19H,12-13H2,1-2H3,(H,25,28)(H,23,24,26). The zero-order valence-electron chi connectivity index (χ0n) is 17.2. The molecule has 8 nitrogen and oxygen atoms in total. The molecule has 0 spiro atoms. The number of benzene rings is 2. The van der Waals surface area contributed by atoms with Gasteiger partial charge in [0.25, 0.3) is 5.91 Å². The maximum atomic E-state index is 12.4. The first-order valence-corrected chi connectivity index (χ1v) is 10.5. The molecule has 2 N–H and O–H groups in total. The molecule has 9 heteroatoms. The Morgan fingerprint density at radius 3 is 2.42 bits per heavy atom. The molecular weight excluding hydrogens is 418 g/mol. The van der Waals surface area contributed by atoms with Gasteiger partial charge in [-0.05, 0) is 23.6 Å². The van der Waals surface area contributed by atoms with Gasteiger partial charge >= 0.3 is 12.1 Å².